The molecule has 2 aromatic rings. The van der Waals surface area contributed by atoms with Gasteiger partial charge in [-0.1, -0.05) is 42.5 Å². The number of hydrogen-bond acceptors (Lipinski definition) is 3. The predicted molar refractivity (Wildman–Crippen MR) is 104 cm³/mol. The van der Waals surface area contributed by atoms with Gasteiger partial charge in [-0.3, -0.25) is 9.20 Å². The third-order valence-electron chi connectivity index (χ3n) is 3.61. The average Bonchev–Trinajstić information content (AvgIpc) is 2.65. The number of aliphatic imine (C=N–C) groups is 1. The fourth-order valence-corrected chi connectivity index (χ4v) is 3.34. The highest BCUT2D eigenvalue weighted by Gasteiger charge is 2.03. The summed E-state index contributed by atoms with van der Waals surface area (Å²) in [6, 6.07) is 17.8. The van der Waals surface area contributed by atoms with Gasteiger partial charge in [-0.25, -0.2) is 0 Å². The molecule has 0 fully saturated rings. The molecule has 25 heavy (non-hydrogen) atoms. The van der Waals surface area contributed by atoms with Crippen molar-refractivity contribution in [3.05, 3.63) is 65.7 Å². The van der Waals surface area contributed by atoms with Gasteiger partial charge in [0.15, 0.2) is 5.96 Å². The van der Waals surface area contributed by atoms with Crippen LogP contribution in [-0.4, -0.2) is 36.6 Å². The second kappa shape index (κ2) is 10.5. The van der Waals surface area contributed by atoms with Gasteiger partial charge in [-0.15, -0.1) is 0 Å². The van der Waals surface area contributed by atoms with E-state index >= 15 is 0 Å². The van der Waals surface area contributed by atoms with Gasteiger partial charge in [-0.05, 0) is 23.3 Å². The smallest absolute Gasteiger partial charge is 0.191 e. The SMILES string of the molecule is CN=C(NCCS(=O)Cc1ccccc1)NCc1cccc(OC)c1. The predicted octanol–water partition coefficient (Wildman–Crippen LogP) is 2.31. The third kappa shape index (κ3) is 6.97. The lowest BCUT2D eigenvalue weighted by molar-refractivity contribution is 0.414. The summed E-state index contributed by atoms with van der Waals surface area (Å²) in [4.78, 5) is 4.19. The summed E-state index contributed by atoms with van der Waals surface area (Å²) >= 11 is 0. The number of rotatable bonds is 8. The summed E-state index contributed by atoms with van der Waals surface area (Å²) in [6.45, 7) is 1.25. The Balaban J connectivity index is 1.72. The fourth-order valence-electron chi connectivity index (χ4n) is 2.30. The number of nitrogens with one attached hydrogen (secondary N) is 2. The summed E-state index contributed by atoms with van der Waals surface area (Å²) in [5.41, 5.74) is 2.20. The molecule has 0 aliphatic carbocycles. The van der Waals surface area contributed by atoms with Crippen LogP contribution in [0.15, 0.2) is 59.6 Å². The van der Waals surface area contributed by atoms with Crippen LogP contribution in [0.4, 0.5) is 0 Å². The second-order valence-electron chi connectivity index (χ2n) is 5.48. The highest BCUT2D eigenvalue weighted by atomic mass is 32.2. The molecule has 0 aromatic heterocycles. The topological polar surface area (TPSA) is 62.7 Å². The molecule has 0 spiro atoms. The monoisotopic (exact) mass is 359 g/mol. The molecule has 1 atom stereocenters. The number of guanidine groups is 1. The first-order chi connectivity index (χ1) is 12.2. The van der Waals surface area contributed by atoms with E-state index in [-0.39, 0.29) is 0 Å². The van der Waals surface area contributed by atoms with E-state index in [1.54, 1.807) is 14.2 Å². The number of nitrogens with zero attached hydrogens (tertiary/aromatic N) is 1. The Morgan fingerprint density at radius 3 is 2.56 bits per heavy atom. The van der Waals surface area contributed by atoms with Crippen molar-refractivity contribution in [1.29, 1.82) is 0 Å². The highest BCUT2D eigenvalue weighted by Crippen LogP contribution is 2.12. The molecule has 0 saturated heterocycles. The van der Waals surface area contributed by atoms with Crippen LogP contribution in [0.5, 0.6) is 5.75 Å². The molecule has 134 valence electrons. The van der Waals surface area contributed by atoms with Gasteiger partial charge in [0, 0.05) is 42.4 Å². The first-order valence-corrected chi connectivity index (χ1v) is 9.66. The Morgan fingerprint density at radius 1 is 1.08 bits per heavy atom. The highest BCUT2D eigenvalue weighted by molar-refractivity contribution is 7.84. The van der Waals surface area contributed by atoms with Crippen molar-refractivity contribution in [3.8, 4) is 5.75 Å². The molecule has 2 N–H and O–H groups in total. The Bertz CT molecular complexity index is 705. The Hall–Kier alpha value is -2.34. The van der Waals surface area contributed by atoms with Crippen molar-refractivity contribution in [1.82, 2.24) is 10.6 Å². The Morgan fingerprint density at radius 2 is 1.84 bits per heavy atom. The minimum atomic E-state index is -0.895. The van der Waals surface area contributed by atoms with Crippen LogP contribution in [0.3, 0.4) is 0 Å². The van der Waals surface area contributed by atoms with E-state index in [1.165, 1.54) is 0 Å². The molecule has 5 nitrogen and oxygen atoms in total. The average molecular weight is 359 g/mol. The molecule has 2 aromatic carbocycles. The zero-order valence-electron chi connectivity index (χ0n) is 14.7. The Kier molecular flexibility index (Phi) is 7.98. The summed E-state index contributed by atoms with van der Waals surface area (Å²) in [6.07, 6.45) is 0. The number of benzene rings is 2. The molecular formula is C19H25N3O2S. The van der Waals surface area contributed by atoms with Crippen LogP contribution >= 0.6 is 0 Å². The largest absolute Gasteiger partial charge is 0.497 e. The minimum absolute atomic E-state index is 0.578. The summed E-state index contributed by atoms with van der Waals surface area (Å²) in [7, 11) is 2.48. The Labute approximate surface area is 152 Å². The van der Waals surface area contributed by atoms with Crippen LogP contribution in [0.25, 0.3) is 0 Å². The van der Waals surface area contributed by atoms with Crippen molar-refractivity contribution in [3.63, 3.8) is 0 Å². The van der Waals surface area contributed by atoms with Gasteiger partial charge < -0.3 is 15.4 Å². The van der Waals surface area contributed by atoms with E-state index in [4.69, 9.17) is 4.74 Å². The molecule has 0 aliphatic heterocycles. The zero-order chi connectivity index (χ0) is 17.9. The molecule has 2 rings (SSSR count). The molecule has 0 amide bonds. The molecule has 0 radical (unpaired) electrons. The maximum absolute atomic E-state index is 12.1. The van der Waals surface area contributed by atoms with Gasteiger partial charge in [0.1, 0.15) is 5.75 Å². The number of ether oxygens (including phenoxy) is 1. The van der Waals surface area contributed by atoms with Crippen molar-refractivity contribution < 1.29 is 8.95 Å². The first kappa shape index (κ1) is 19.0. The molecule has 0 bridgehead atoms. The van der Waals surface area contributed by atoms with E-state index < -0.39 is 10.8 Å². The molecule has 1 unspecified atom stereocenters. The van der Waals surface area contributed by atoms with Crippen molar-refractivity contribution >= 4 is 16.8 Å². The maximum Gasteiger partial charge on any atom is 0.191 e. The third-order valence-corrected chi connectivity index (χ3v) is 4.93. The molecule has 0 saturated carbocycles. The van der Waals surface area contributed by atoms with Crippen LogP contribution in [-0.2, 0) is 23.1 Å². The molecular weight excluding hydrogens is 334 g/mol. The van der Waals surface area contributed by atoms with E-state index in [1.807, 2.05) is 54.6 Å². The lowest BCUT2D eigenvalue weighted by atomic mass is 10.2. The minimum Gasteiger partial charge on any atom is -0.497 e. The van der Waals surface area contributed by atoms with Crippen LogP contribution in [0.1, 0.15) is 11.1 Å². The molecule has 0 heterocycles. The summed E-state index contributed by atoms with van der Waals surface area (Å²) in [5.74, 6) is 2.69. The molecule has 6 heteroatoms. The molecule has 0 aliphatic rings. The van der Waals surface area contributed by atoms with Crippen molar-refractivity contribution in [2.24, 2.45) is 4.99 Å². The van der Waals surface area contributed by atoms with Gasteiger partial charge in [0.25, 0.3) is 0 Å². The van der Waals surface area contributed by atoms with Gasteiger partial charge in [-0.2, -0.15) is 0 Å². The fraction of sp³-hybridized carbons (Fsp3) is 0.316. The van der Waals surface area contributed by atoms with Crippen molar-refractivity contribution in [2.45, 2.75) is 12.3 Å². The maximum atomic E-state index is 12.1. The van der Waals surface area contributed by atoms with E-state index in [9.17, 15) is 4.21 Å². The number of methoxy groups -OCH3 is 1. The lowest BCUT2D eigenvalue weighted by Gasteiger charge is -2.12. The zero-order valence-corrected chi connectivity index (χ0v) is 15.5. The summed E-state index contributed by atoms with van der Waals surface area (Å²) in [5, 5.41) is 6.44. The number of hydrogen-bond donors (Lipinski definition) is 2. The lowest BCUT2D eigenvalue weighted by Crippen LogP contribution is -2.38. The first-order valence-electron chi connectivity index (χ1n) is 8.17. The van der Waals surface area contributed by atoms with E-state index in [0.717, 1.165) is 16.9 Å². The van der Waals surface area contributed by atoms with E-state index in [0.29, 0.717) is 30.6 Å². The normalized spacial score (nSPS) is 12.5. The standard InChI is InChI=1S/C19H25N3O2S/c1-20-19(22-14-17-9-6-10-18(13-17)24-2)21-11-12-25(23)15-16-7-4-3-5-8-16/h3-10,13H,11-12,14-15H2,1-2H3,(H2,20,21,22). The quantitative estimate of drug-likeness (QED) is 0.561. The van der Waals surface area contributed by atoms with Gasteiger partial charge >= 0.3 is 0 Å². The summed E-state index contributed by atoms with van der Waals surface area (Å²) < 4.78 is 17.3. The van der Waals surface area contributed by atoms with Crippen LogP contribution in [0.2, 0.25) is 0 Å². The van der Waals surface area contributed by atoms with Gasteiger partial charge in [0.2, 0.25) is 0 Å². The second-order valence-corrected chi connectivity index (χ2v) is 7.05. The van der Waals surface area contributed by atoms with Crippen molar-refractivity contribution in [2.75, 3.05) is 26.5 Å². The van der Waals surface area contributed by atoms with E-state index in [2.05, 4.69) is 15.6 Å². The van der Waals surface area contributed by atoms with Gasteiger partial charge in [0.05, 0.1) is 7.11 Å². The van der Waals surface area contributed by atoms with Crippen LogP contribution in [0, 0.1) is 0 Å². The van der Waals surface area contributed by atoms with Crippen LogP contribution < -0.4 is 15.4 Å².